The van der Waals surface area contributed by atoms with Crippen LogP contribution in [0.1, 0.15) is 5.56 Å². The van der Waals surface area contributed by atoms with Crippen LogP contribution in [-0.4, -0.2) is 35.4 Å². The minimum Gasteiger partial charge on any atom is -0.285 e. The van der Waals surface area contributed by atoms with Crippen molar-refractivity contribution in [3.63, 3.8) is 0 Å². The van der Waals surface area contributed by atoms with E-state index in [2.05, 4.69) is 25.5 Å². The molecule has 8 nitrogen and oxygen atoms in total. The Morgan fingerprint density at radius 1 is 1.04 bits per heavy atom. The van der Waals surface area contributed by atoms with E-state index in [1.54, 1.807) is 42.9 Å². The quantitative estimate of drug-likeness (QED) is 0.496. The highest BCUT2D eigenvalue weighted by Crippen LogP contribution is 2.30. The fraction of sp³-hybridized carbons (Fsp3) is 0.0556. The van der Waals surface area contributed by atoms with Crippen LogP contribution in [0, 0.1) is 0 Å². The van der Waals surface area contributed by atoms with Crippen molar-refractivity contribution in [2.75, 3.05) is 5.06 Å². The van der Waals surface area contributed by atoms with Crippen LogP contribution in [-0.2, 0) is 6.54 Å². The van der Waals surface area contributed by atoms with Crippen molar-refractivity contribution in [2.45, 2.75) is 6.54 Å². The topological polar surface area (TPSA) is 92.8 Å². The zero-order valence-corrected chi connectivity index (χ0v) is 15.8. The molecular formula is C18H13Cl2N7O. The van der Waals surface area contributed by atoms with Gasteiger partial charge in [-0.1, -0.05) is 40.4 Å². The molecule has 28 heavy (non-hydrogen) atoms. The van der Waals surface area contributed by atoms with Gasteiger partial charge in [0.1, 0.15) is 0 Å². The van der Waals surface area contributed by atoms with E-state index < -0.39 is 0 Å². The molecule has 0 fully saturated rings. The molecule has 0 atom stereocenters. The minimum atomic E-state index is 0.0881. The average Bonchev–Trinajstić information content (AvgIpc) is 3.21. The Hall–Kier alpha value is -3.07. The van der Waals surface area contributed by atoms with Crippen LogP contribution in [0.2, 0.25) is 10.0 Å². The smallest absolute Gasteiger partial charge is 0.274 e. The Bertz CT molecular complexity index is 1100. The summed E-state index contributed by atoms with van der Waals surface area (Å²) in [6, 6.07) is 12.5. The molecule has 0 aliphatic rings. The number of pyridine rings is 2. The van der Waals surface area contributed by atoms with E-state index in [0.29, 0.717) is 16.4 Å². The number of hydroxylamine groups is 1. The number of rotatable bonds is 5. The molecule has 0 spiro atoms. The molecular weight excluding hydrogens is 401 g/mol. The molecule has 0 bridgehead atoms. The Morgan fingerprint density at radius 3 is 2.71 bits per heavy atom. The third kappa shape index (κ3) is 3.53. The van der Waals surface area contributed by atoms with Crippen molar-refractivity contribution >= 4 is 29.2 Å². The van der Waals surface area contributed by atoms with Gasteiger partial charge in [0.15, 0.2) is 0 Å². The molecule has 0 aliphatic heterocycles. The molecule has 4 aromatic rings. The summed E-state index contributed by atoms with van der Waals surface area (Å²) in [5.41, 5.74) is 2.76. The normalized spacial score (nSPS) is 10.8. The lowest BCUT2D eigenvalue weighted by atomic mass is 10.1. The Balaban J connectivity index is 1.68. The highest BCUT2D eigenvalue weighted by Gasteiger charge is 2.19. The predicted octanol–water partition coefficient (Wildman–Crippen LogP) is 3.82. The molecule has 0 amide bonds. The van der Waals surface area contributed by atoms with Gasteiger partial charge in [0, 0.05) is 29.7 Å². The molecule has 3 heterocycles. The zero-order valence-electron chi connectivity index (χ0n) is 14.3. The summed E-state index contributed by atoms with van der Waals surface area (Å²) in [5, 5.41) is 23.7. The monoisotopic (exact) mass is 413 g/mol. The maximum atomic E-state index is 10.7. The van der Waals surface area contributed by atoms with E-state index in [9.17, 15) is 5.21 Å². The van der Waals surface area contributed by atoms with Crippen LogP contribution >= 0.6 is 23.2 Å². The van der Waals surface area contributed by atoms with Crippen LogP contribution in [0.4, 0.5) is 5.95 Å². The molecule has 3 aromatic heterocycles. The highest BCUT2D eigenvalue weighted by molar-refractivity contribution is 6.43. The van der Waals surface area contributed by atoms with Gasteiger partial charge < -0.3 is 0 Å². The summed E-state index contributed by atoms with van der Waals surface area (Å²) in [5.74, 6) is 0.0881. The fourth-order valence-electron chi connectivity index (χ4n) is 2.72. The van der Waals surface area contributed by atoms with E-state index in [4.69, 9.17) is 23.2 Å². The largest absolute Gasteiger partial charge is 0.285 e. The standard InChI is InChI=1S/C18H13Cl2N7O/c19-14-6-1-7-15(16(14)20)27-18(23-24-25-27)26(28)11-13-5-3-9-22-17(13)12-4-2-8-21-10-12/h1-10,28H,11H2. The van der Waals surface area contributed by atoms with E-state index >= 15 is 0 Å². The van der Waals surface area contributed by atoms with Gasteiger partial charge in [-0.3, -0.25) is 15.2 Å². The van der Waals surface area contributed by atoms with Crippen LogP contribution in [0.5, 0.6) is 0 Å². The molecule has 0 aliphatic carbocycles. The summed E-state index contributed by atoms with van der Waals surface area (Å²) in [6.45, 7) is 0.0939. The molecule has 1 aromatic carbocycles. The first-order valence-corrected chi connectivity index (χ1v) is 8.94. The van der Waals surface area contributed by atoms with E-state index in [-0.39, 0.29) is 17.5 Å². The van der Waals surface area contributed by atoms with Crippen LogP contribution in [0.25, 0.3) is 16.9 Å². The second kappa shape index (κ2) is 7.89. The lowest BCUT2D eigenvalue weighted by Gasteiger charge is -2.17. The predicted molar refractivity (Wildman–Crippen MR) is 105 cm³/mol. The van der Waals surface area contributed by atoms with Crippen LogP contribution < -0.4 is 5.06 Å². The maximum absolute atomic E-state index is 10.7. The summed E-state index contributed by atoms with van der Waals surface area (Å²) in [7, 11) is 0. The average molecular weight is 414 g/mol. The third-order valence-corrected chi connectivity index (χ3v) is 4.80. The molecule has 0 saturated heterocycles. The van der Waals surface area contributed by atoms with Gasteiger partial charge in [-0.25, -0.2) is 5.06 Å². The van der Waals surface area contributed by atoms with Crippen molar-refractivity contribution in [2.24, 2.45) is 0 Å². The first-order valence-electron chi connectivity index (χ1n) is 8.18. The molecule has 4 rings (SSSR count). The molecule has 10 heteroatoms. The Morgan fingerprint density at radius 2 is 1.89 bits per heavy atom. The third-order valence-electron chi connectivity index (χ3n) is 3.99. The number of halogens is 2. The lowest BCUT2D eigenvalue weighted by molar-refractivity contribution is 0.241. The number of aromatic nitrogens is 6. The Kier molecular flexibility index (Phi) is 5.16. The Labute approximate surface area is 170 Å². The van der Waals surface area contributed by atoms with E-state index in [1.165, 1.54) is 4.68 Å². The molecule has 0 unspecified atom stereocenters. The second-order valence-corrected chi connectivity index (χ2v) is 6.56. The lowest BCUT2D eigenvalue weighted by Crippen LogP contribution is -2.22. The molecule has 0 saturated carbocycles. The SMILES string of the molecule is ON(Cc1cccnc1-c1cccnc1)c1nnnn1-c1cccc(Cl)c1Cl. The van der Waals surface area contributed by atoms with Crippen molar-refractivity contribution in [3.05, 3.63) is 76.7 Å². The van der Waals surface area contributed by atoms with Crippen molar-refractivity contribution in [3.8, 4) is 16.9 Å². The van der Waals surface area contributed by atoms with E-state index in [1.807, 2.05) is 18.2 Å². The summed E-state index contributed by atoms with van der Waals surface area (Å²) >= 11 is 12.3. The first-order chi connectivity index (χ1) is 13.6. The number of tetrazole rings is 1. The van der Waals surface area contributed by atoms with Gasteiger partial charge in [0.05, 0.1) is 28.0 Å². The van der Waals surface area contributed by atoms with Gasteiger partial charge in [-0.2, -0.15) is 4.68 Å². The minimum absolute atomic E-state index is 0.0881. The van der Waals surface area contributed by atoms with Crippen molar-refractivity contribution < 1.29 is 5.21 Å². The number of nitrogens with zero attached hydrogens (tertiary/aromatic N) is 7. The number of hydrogen-bond donors (Lipinski definition) is 1. The second-order valence-electron chi connectivity index (χ2n) is 5.77. The molecule has 0 radical (unpaired) electrons. The van der Waals surface area contributed by atoms with Crippen LogP contribution in [0.3, 0.4) is 0 Å². The number of anilines is 1. The molecule has 140 valence electrons. The number of benzene rings is 1. The van der Waals surface area contributed by atoms with Crippen molar-refractivity contribution in [1.82, 2.24) is 30.2 Å². The van der Waals surface area contributed by atoms with Gasteiger partial charge in [-0.15, -0.1) is 0 Å². The summed E-state index contributed by atoms with van der Waals surface area (Å²) in [6.07, 6.45) is 5.08. The van der Waals surface area contributed by atoms with Gasteiger partial charge in [0.25, 0.3) is 5.95 Å². The highest BCUT2D eigenvalue weighted by atomic mass is 35.5. The van der Waals surface area contributed by atoms with Gasteiger partial charge in [-0.05, 0) is 40.8 Å². The van der Waals surface area contributed by atoms with Crippen molar-refractivity contribution in [1.29, 1.82) is 0 Å². The van der Waals surface area contributed by atoms with Crippen LogP contribution in [0.15, 0.2) is 61.1 Å². The summed E-state index contributed by atoms with van der Waals surface area (Å²) in [4.78, 5) is 8.54. The fourth-order valence-corrected chi connectivity index (χ4v) is 3.09. The first kappa shape index (κ1) is 18.3. The number of hydrogen-bond acceptors (Lipinski definition) is 7. The van der Waals surface area contributed by atoms with Gasteiger partial charge in [0.2, 0.25) is 0 Å². The van der Waals surface area contributed by atoms with Gasteiger partial charge >= 0.3 is 0 Å². The zero-order chi connectivity index (χ0) is 19.5. The summed E-state index contributed by atoms with van der Waals surface area (Å²) < 4.78 is 1.31. The maximum Gasteiger partial charge on any atom is 0.274 e. The van der Waals surface area contributed by atoms with E-state index in [0.717, 1.165) is 16.2 Å². The molecule has 1 N–H and O–H groups in total.